The quantitative estimate of drug-likeness (QED) is 0.233. The Morgan fingerprint density at radius 3 is 2.31 bits per heavy atom. The maximum atomic E-state index is 13.6. The Morgan fingerprint density at radius 1 is 1.08 bits per heavy atom. The fourth-order valence-electron chi connectivity index (χ4n) is 3.41. The zero-order valence-electron chi connectivity index (χ0n) is 21.7. The van der Waals surface area contributed by atoms with Crippen molar-refractivity contribution in [1.82, 2.24) is 15.5 Å². The maximum Gasteiger partial charge on any atom is 0.408 e. The van der Waals surface area contributed by atoms with Gasteiger partial charge in [0.15, 0.2) is 0 Å². The SMILES string of the molecule is CCCCCCN(C(=O)C(CO)NC(=O)OC(C)(C)C)C(C(=O)NCC(=O)OC)c1ccccc1O. The van der Waals surface area contributed by atoms with Crippen LogP contribution in [0.5, 0.6) is 5.75 Å². The number of unbranched alkanes of at least 4 members (excludes halogenated alkanes) is 3. The predicted octanol–water partition coefficient (Wildman–Crippen LogP) is 2.02. The molecule has 1 aromatic rings. The molecule has 36 heavy (non-hydrogen) atoms. The van der Waals surface area contributed by atoms with E-state index in [2.05, 4.69) is 15.4 Å². The van der Waals surface area contributed by atoms with Gasteiger partial charge in [0.25, 0.3) is 0 Å². The number of carbonyl (C=O) groups excluding carboxylic acids is 4. The summed E-state index contributed by atoms with van der Waals surface area (Å²) < 4.78 is 9.77. The molecule has 1 aromatic carbocycles. The van der Waals surface area contributed by atoms with Crippen molar-refractivity contribution in [2.75, 3.05) is 26.8 Å². The molecule has 0 fully saturated rings. The summed E-state index contributed by atoms with van der Waals surface area (Å²) in [6, 6.07) is 3.26. The standard InChI is InChI=1S/C25H39N3O8/c1-6-7-8-11-14-28(23(33)18(16-29)27-24(34)36-25(2,3)4)21(17-12-9-10-13-19(17)30)22(32)26-15-20(31)35-5/h9-10,12-13,18,21,29-30H,6-8,11,14-16H2,1-5H3,(H,26,32)(H,27,34). The number of amides is 3. The normalized spacial score (nSPS) is 12.7. The zero-order chi connectivity index (χ0) is 27.3. The van der Waals surface area contributed by atoms with Gasteiger partial charge in [-0.05, 0) is 33.3 Å². The number of nitrogens with one attached hydrogen (secondary N) is 2. The van der Waals surface area contributed by atoms with Crippen LogP contribution in [0, 0.1) is 0 Å². The highest BCUT2D eigenvalue weighted by Gasteiger charge is 2.37. The number of aliphatic hydroxyl groups is 1. The first-order chi connectivity index (χ1) is 16.9. The molecule has 0 aliphatic rings. The maximum absolute atomic E-state index is 13.6. The Hall–Kier alpha value is -3.34. The summed E-state index contributed by atoms with van der Waals surface area (Å²) in [4.78, 5) is 52.0. The Kier molecular flexibility index (Phi) is 12.7. The van der Waals surface area contributed by atoms with E-state index in [-0.39, 0.29) is 17.9 Å². The van der Waals surface area contributed by atoms with Crippen molar-refractivity contribution in [3.05, 3.63) is 29.8 Å². The number of nitrogens with zero attached hydrogens (tertiary/aromatic N) is 1. The van der Waals surface area contributed by atoms with Gasteiger partial charge in [0, 0.05) is 12.1 Å². The molecule has 0 saturated carbocycles. The number of aliphatic hydroxyl groups excluding tert-OH is 1. The fraction of sp³-hybridized carbons (Fsp3) is 0.600. The second-order valence-corrected chi connectivity index (χ2v) is 9.23. The number of benzene rings is 1. The molecule has 0 aromatic heterocycles. The van der Waals surface area contributed by atoms with Crippen molar-refractivity contribution in [2.24, 2.45) is 0 Å². The molecule has 11 nitrogen and oxygen atoms in total. The van der Waals surface area contributed by atoms with Crippen LogP contribution in [-0.2, 0) is 23.9 Å². The largest absolute Gasteiger partial charge is 0.508 e. The van der Waals surface area contributed by atoms with E-state index in [0.717, 1.165) is 19.3 Å². The van der Waals surface area contributed by atoms with E-state index in [0.29, 0.717) is 6.42 Å². The monoisotopic (exact) mass is 509 g/mol. The minimum Gasteiger partial charge on any atom is -0.508 e. The summed E-state index contributed by atoms with van der Waals surface area (Å²) in [5.41, 5.74) is -0.711. The lowest BCUT2D eigenvalue weighted by Crippen LogP contribution is -2.54. The first-order valence-electron chi connectivity index (χ1n) is 12.0. The molecule has 0 heterocycles. The van der Waals surface area contributed by atoms with Gasteiger partial charge in [-0.15, -0.1) is 0 Å². The molecular weight excluding hydrogens is 470 g/mol. The summed E-state index contributed by atoms with van der Waals surface area (Å²) in [6.45, 7) is 5.89. The molecule has 2 unspecified atom stereocenters. The van der Waals surface area contributed by atoms with Crippen LogP contribution >= 0.6 is 0 Å². The first-order valence-corrected chi connectivity index (χ1v) is 12.0. The lowest BCUT2D eigenvalue weighted by molar-refractivity contribution is -0.145. The van der Waals surface area contributed by atoms with Crippen LogP contribution in [0.1, 0.15) is 65.0 Å². The number of alkyl carbamates (subject to hydrolysis) is 1. The number of phenols is 1. The highest BCUT2D eigenvalue weighted by molar-refractivity contribution is 5.93. The van der Waals surface area contributed by atoms with E-state index in [4.69, 9.17) is 4.74 Å². The molecule has 0 aliphatic carbocycles. The van der Waals surface area contributed by atoms with Crippen molar-refractivity contribution < 1.29 is 38.9 Å². The molecular formula is C25H39N3O8. The fourth-order valence-corrected chi connectivity index (χ4v) is 3.41. The highest BCUT2D eigenvalue weighted by atomic mass is 16.6. The number of para-hydroxylation sites is 1. The number of hydrogen-bond acceptors (Lipinski definition) is 8. The average Bonchev–Trinajstić information content (AvgIpc) is 2.82. The number of aromatic hydroxyl groups is 1. The molecule has 11 heteroatoms. The van der Waals surface area contributed by atoms with Crippen LogP contribution in [0.15, 0.2) is 24.3 Å². The molecule has 0 aliphatic heterocycles. The third kappa shape index (κ3) is 10.1. The second-order valence-electron chi connectivity index (χ2n) is 9.23. The summed E-state index contributed by atoms with van der Waals surface area (Å²) >= 11 is 0. The van der Waals surface area contributed by atoms with Crippen LogP contribution in [0.3, 0.4) is 0 Å². The van der Waals surface area contributed by atoms with Gasteiger partial charge in [0.1, 0.15) is 30.0 Å². The van der Waals surface area contributed by atoms with Crippen LogP contribution in [-0.4, -0.2) is 77.4 Å². The van der Waals surface area contributed by atoms with E-state index in [1.807, 2.05) is 6.92 Å². The Bertz CT molecular complexity index is 884. The number of hydrogen-bond donors (Lipinski definition) is 4. The molecule has 0 spiro atoms. The van der Waals surface area contributed by atoms with Gasteiger partial charge in [-0.25, -0.2) is 4.79 Å². The van der Waals surface area contributed by atoms with Crippen molar-refractivity contribution in [1.29, 1.82) is 0 Å². The Balaban J connectivity index is 3.38. The van der Waals surface area contributed by atoms with Gasteiger partial charge >= 0.3 is 12.1 Å². The number of carbonyl (C=O) groups is 4. The van der Waals surface area contributed by atoms with Crippen molar-refractivity contribution in [2.45, 2.75) is 71.1 Å². The zero-order valence-corrected chi connectivity index (χ0v) is 21.7. The molecule has 2 atom stereocenters. The molecule has 0 saturated heterocycles. The van der Waals surface area contributed by atoms with Crippen LogP contribution in [0.25, 0.3) is 0 Å². The van der Waals surface area contributed by atoms with Gasteiger partial charge in [-0.3, -0.25) is 14.4 Å². The molecule has 0 bridgehead atoms. The lowest BCUT2D eigenvalue weighted by Gasteiger charge is -2.34. The van der Waals surface area contributed by atoms with Crippen LogP contribution in [0.4, 0.5) is 4.79 Å². The summed E-state index contributed by atoms with van der Waals surface area (Å²) in [7, 11) is 1.17. The van der Waals surface area contributed by atoms with E-state index in [1.54, 1.807) is 32.9 Å². The molecule has 0 radical (unpaired) electrons. The lowest BCUT2D eigenvalue weighted by atomic mass is 10.0. The van der Waals surface area contributed by atoms with Crippen LogP contribution in [0.2, 0.25) is 0 Å². The summed E-state index contributed by atoms with van der Waals surface area (Å²) in [5.74, 6) is -2.41. The molecule has 202 valence electrons. The third-order valence-corrected chi connectivity index (χ3v) is 5.13. The molecule has 4 N–H and O–H groups in total. The average molecular weight is 510 g/mol. The van der Waals surface area contributed by atoms with E-state index in [9.17, 15) is 29.4 Å². The number of esters is 1. The molecule has 3 amide bonds. The van der Waals surface area contributed by atoms with Gasteiger partial charge in [0.05, 0.1) is 13.7 Å². The minimum absolute atomic E-state index is 0.0932. The Morgan fingerprint density at radius 2 is 1.75 bits per heavy atom. The van der Waals surface area contributed by atoms with Crippen molar-refractivity contribution in [3.8, 4) is 5.75 Å². The third-order valence-electron chi connectivity index (χ3n) is 5.13. The van der Waals surface area contributed by atoms with E-state index >= 15 is 0 Å². The van der Waals surface area contributed by atoms with Gasteiger partial charge in [0.2, 0.25) is 11.8 Å². The van der Waals surface area contributed by atoms with Gasteiger partial charge < -0.3 is 35.2 Å². The minimum atomic E-state index is -1.41. The number of rotatable bonds is 13. The van der Waals surface area contributed by atoms with E-state index in [1.165, 1.54) is 24.1 Å². The first kappa shape index (κ1) is 30.7. The second kappa shape index (κ2) is 14.9. The van der Waals surface area contributed by atoms with Crippen LogP contribution < -0.4 is 10.6 Å². The van der Waals surface area contributed by atoms with Crippen molar-refractivity contribution >= 4 is 23.9 Å². The van der Waals surface area contributed by atoms with Crippen molar-refractivity contribution in [3.63, 3.8) is 0 Å². The van der Waals surface area contributed by atoms with Gasteiger partial charge in [-0.2, -0.15) is 0 Å². The summed E-state index contributed by atoms with van der Waals surface area (Å²) in [6.07, 6.45) is 2.22. The van der Waals surface area contributed by atoms with Gasteiger partial charge in [-0.1, -0.05) is 44.4 Å². The smallest absolute Gasteiger partial charge is 0.408 e. The molecule has 1 rings (SSSR count). The topological polar surface area (TPSA) is 154 Å². The predicted molar refractivity (Wildman–Crippen MR) is 132 cm³/mol. The summed E-state index contributed by atoms with van der Waals surface area (Å²) in [5, 5.41) is 25.2. The number of phenolic OH excluding ortho intramolecular Hbond substituents is 1. The highest BCUT2D eigenvalue weighted by Crippen LogP contribution is 2.30. The number of methoxy groups -OCH3 is 1. The number of ether oxygens (including phenoxy) is 2. The Labute approximate surface area is 212 Å². The van der Waals surface area contributed by atoms with E-state index < -0.39 is 54.7 Å².